The van der Waals surface area contributed by atoms with Gasteiger partial charge in [-0.1, -0.05) is 13.8 Å². The van der Waals surface area contributed by atoms with Crippen LogP contribution >= 0.6 is 0 Å². The Morgan fingerprint density at radius 2 is 2.14 bits per heavy atom. The number of hydrogen-bond donors (Lipinski definition) is 2. The number of amides is 1. The topological polar surface area (TPSA) is 107 Å². The van der Waals surface area contributed by atoms with Crippen molar-refractivity contribution in [1.29, 1.82) is 0 Å². The molecule has 21 heavy (non-hydrogen) atoms. The lowest BCUT2D eigenvalue weighted by Crippen LogP contribution is -2.51. The lowest BCUT2D eigenvalue weighted by molar-refractivity contribution is -0.124. The van der Waals surface area contributed by atoms with Crippen molar-refractivity contribution in [1.82, 2.24) is 9.97 Å². The van der Waals surface area contributed by atoms with Gasteiger partial charge in [-0.15, -0.1) is 0 Å². The van der Waals surface area contributed by atoms with Crippen LogP contribution in [0.1, 0.15) is 26.0 Å². The monoisotopic (exact) mass is 293 g/mol. The van der Waals surface area contributed by atoms with Gasteiger partial charge in [-0.25, -0.2) is 9.97 Å². The fraction of sp³-hybridized carbons (Fsp3) is 0.643. The maximum absolute atomic E-state index is 11.8. The number of carbonyl (C=O) groups is 1. The van der Waals surface area contributed by atoms with Gasteiger partial charge in [0, 0.05) is 19.3 Å². The summed E-state index contributed by atoms with van der Waals surface area (Å²) in [6, 6.07) is 1.66. The summed E-state index contributed by atoms with van der Waals surface area (Å²) in [7, 11) is 0. The predicted molar refractivity (Wildman–Crippen MR) is 79.6 cm³/mol. The first-order chi connectivity index (χ1) is 9.93. The highest BCUT2D eigenvalue weighted by Gasteiger charge is 2.36. The minimum atomic E-state index is -1.27. The van der Waals surface area contributed by atoms with Crippen molar-refractivity contribution in [3.05, 3.63) is 18.0 Å². The Kier molecular flexibility index (Phi) is 4.74. The van der Waals surface area contributed by atoms with Crippen LogP contribution in [0, 0.1) is 5.92 Å². The van der Waals surface area contributed by atoms with Crippen molar-refractivity contribution in [2.24, 2.45) is 17.4 Å². The van der Waals surface area contributed by atoms with E-state index in [1.165, 1.54) is 0 Å². The fourth-order valence-electron chi connectivity index (χ4n) is 2.49. The molecule has 1 aromatic rings. The highest BCUT2D eigenvalue weighted by atomic mass is 16.5. The third-order valence-corrected chi connectivity index (χ3v) is 3.56. The zero-order valence-electron chi connectivity index (χ0n) is 12.6. The number of anilines is 1. The second-order valence-electron chi connectivity index (χ2n) is 5.77. The van der Waals surface area contributed by atoms with Crippen LogP contribution in [0.5, 0.6) is 0 Å². The minimum Gasteiger partial charge on any atom is -0.378 e. The van der Waals surface area contributed by atoms with Crippen molar-refractivity contribution in [3.8, 4) is 0 Å². The second-order valence-corrected chi connectivity index (χ2v) is 5.77. The molecule has 0 bridgehead atoms. The molecule has 0 spiro atoms. The first kappa shape index (κ1) is 15.7. The van der Waals surface area contributed by atoms with E-state index in [-0.39, 0.29) is 5.92 Å². The molecule has 1 aliphatic heterocycles. The summed E-state index contributed by atoms with van der Waals surface area (Å²) in [4.78, 5) is 22.6. The molecule has 2 heterocycles. The molecular weight excluding hydrogens is 270 g/mol. The summed E-state index contributed by atoms with van der Waals surface area (Å²) in [5.74, 6) is 0.225. The average molecular weight is 293 g/mol. The van der Waals surface area contributed by atoms with Crippen molar-refractivity contribution < 1.29 is 9.53 Å². The number of hydrogen-bond acceptors (Lipinski definition) is 6. The van der Waals surface area contributed by atoms with E-state index in [2.05, 4.69) is 9.97 Å². The van der Waals surface area contributed by atoms with Gasteiger partial charge in [0.15, 0.2) is 0 Å². The van der Waals surface area contributed by atoms with E-state index < -0.39 is 11.4 Å². The lowest BCUT2D eigenvalue weighted by Gasteiger charge is -2.30. The molecule has 1 aromatic heterocycles. The van der Waals surface area contributed by atoms with Crippen LogP contribution in [0.4, 0.5) is 5.95 Å². The van der Waals surface area contributed by atoms with Crippen LogP contribution in [-0.4, -0.2) is 42.2 Å². The van der Waals surface area contributed by atoms with Crippen LogP contribution in [0.15, 0.2) is 12.3 Å². The maximum Gasteiger partial charge on any atom is 0.243 e. The number of morpholine rings is 1. The Bertz CT molecular complexity index is 502. The Labute approximate surface area is 124 Å². The molecule has 7 nitrogen and oxygen atoms in total. The Morgan fingerprint density at radius 1 is 1.48 bits per heavy atom. The maximum atomic E-state index is 11.8. The fourth-order valence-corrected chi connectivity index (χ4v) is 2.49. The molecule has 1 saturated heterocycles. The zero-order valence-corrected chi connectivity index (χ0v) is 12.6. The highest BCUT2D eigenvalue weighted by Crippen LogP contribution is 2.25. The normalized spacial score (nSPS) is 18.6. The van der Waals surface area contributed by atoms with Gasteiger partial charge < -0.3 is 21.1 Å². The van der Waals surface area contributed by atoms with Crippen LogP contribution in [0.3, 0.4) is 0 Å². The molecule has 116 valence electrons. The molecule has 2 rings (SSSR count). The van der Waals surface area contributed by atoms with Gasteiger partial charge in [-0.3, -0.25) is 4.79 Å². The predicted octanol–water partition coefficient (Wildman–Crippen LogP) is -0.00140. The first-order valence-corrected chi connectivity index (χ1v) is 7.18. The summed E-state index contributed by atoms with van der Waals surface area (Å²) in [6.07, 6.45) is 2.07. The largest absolute Gasteiger partial charge is 0.378 e. The van der Waals surface area contributed by atoms with Crippen LogP contribution < -0.4 is 16.4 Å². The number of nitrogens with zero attached hydrogens (tertiary/aromatic N) is 3. The number of primary amides is 1. The standard InChI is InChI=1S/C14H23N5O2/c1-10(2)9-14(16,12(15)20)11-3-4-17-13(18-11)19-5-7-21-8-6-19/h3-4,10H,5-9,16H2,1-2H3,(H2,15,20)/t14-/m1/s1. The average Bonchev–Trinajstić information content (AvgIpc) is 2.47. The molecule has 0 aliphatic carbocycles. The molecular formula is C14H23N5O2. The summed E-state index contributed by atoms with van der Waals surface area (Å²) in [5.41, 5.74) is 11.0. The molecule has 0 unspecified atom stereocenters. The zero-order chi connectivity index (χ0) is 15.5. The number of carbonyl (C=O) groups excluding carboxylic acids is 1. The second kappa shape index (κ2) is 6.36. The van der Waals surface area contributed by atoms with E-state index in [0.29, 0.717) is 31.3 Å². The van der Waals surface area contributed by atoms with E-state index in [9.17, 15) is 4.79 Å². The number of aromatic nitrogens is 2. The summed E-state index contributed by atoms with van der Waals surface area (Å²) in [5, 5.41) is 0. The van der Waals surface area contributed by atoms with Gasteiger partial charge in [-0.2, -0.15) is 0 Å². The Morgan fingerprint density at radius 3 is 2.71 bits per heavy atom. The van der Waals surface area contributed by atoms with Gasteiger partial charge in [0.25, 0.3) is 0 Å². The van der Waals surface area contributed by atoms with Gasteiger partial charge in [0.05, 0.1) is 18.9 Å². The van der Waals surface area contributed by atoms with Gasteiger partial charge in [0.1, 0.15) is 5.54 Å². The molecule has 4 N–H and O–H groups in total. The van der Waals surface area contributed by atoms with E-state index >= 15 is 0 Å². The smallest absolute Gasteiger partial charge is 0.243 e. The molecule has 0 saturated carbocycles. The van der Waals surface area contributed by atoms with Crippen LogP contribution in [-0.2, 0) is 15.1 Å². The number of rotatable bonds is 5. The van der Waals surface area contributed by atoms with Crippen LogP contribution in [0.25, 0.3) is 0 Å². The molecule has 0 aromatic carbocycles. The lowest BCUT2D eigenvalue weighted by atomic mass is 9.86. The van der Waals surface area contributed by atoms with E-state index in [1.54, 1.807) is 12.3 Å². The van der Waals surface area contributed by atoms with Gasteiger partial charge in [0.2, 0.25) is 11.9 Å². The van der Waals surface area contributed by atoms with E-state index in [0.717, 1.165) is 13.1 Å². The van der Waals surface area contributed by atoms with E-state index in [4.69, 9.17) is 16.2 Å². The van der Waals surface area contributed by atoms with E-state index in [1.807, 2.05) is 18.7 Å². The third-order valence-electron chi connectivity index (χ3n) is 3.56. The van der Waals surface area contributed by atoms with Crippen molar-refractivity contribution in [2.45, 2.75) is 25.8 Å². The Balaban J connectivity index is 2.31. The molecule has 1 aliphatic rings. The molecule has 7 heteroatoms. The quantitative estimate of drug-likeness (QED) is 0.791. The van der Waals surface area contributed by atoms with Gasteiger partial charge >= 0.3 is 0 Å². The Hall–Kier alpha value is -1.73. The third kappa shape index (κ3) is 3.48. The number of ether oxygens (including phenoxy) is 1. The van der Waals surface area contributed by atoms with Crippen molar-refractivity contribution in [3.63, 3.8) is 0 Å². The molecule has 1 atom stereocenters. The molecule has 1 amide bonds. The molecule has 0 radical (unpaired) electrons. The minimum absolute atomic E-state index is 0.226. The van der Waals surface area contributed by atoms with Crippen molar-refractivity contribution >= 4 is 11.9 Å². The summed E-state index contributed by atoms with van der Waals surface area (Å²) in [6.45, 7) is 6.72. The molecule has 1 fully saturated rings. The van der Waals surface area contributed by atoms with Gasteiger partial charge in [-0.05, 0) is 18.4 Å². The first-order valence-electron chi connectivity index (χ1n) is 7.18. The van der Waals surface area contributed by atoms with Crippen molar-refractivity contribution in [2.75, 3.05) is 31.2 Å². The van der Waals surface area contributed by atoms with Crippen LogP contribution in [0.2, 0.25) is 0 Å². The SMILES string of the molecule is CC(C)C[C@](N)(C(N)=O)c1ccnc(N2CCOCC2)n1. The summed E-state index contributed by atoms with van der Waals surface area (Å²) < 4.78 is 5.31. The summed E-state index contributed by atoms with van der Waals surface area (Å²) >= 11 is 0. The number of nitrogens with two attached hydrogens (primary N) is 2. The highest BCUT2D eigenvalue weighted by molar-refractivity contribution is 5.85.